The molecule has 3 heterocycles. The second kappa shape index (κ2) is 10.8. The molecule has 0 spiro atoms. The van der Waals surface area contributed by atoms with Gasteiger partial charge in [-0.15, -0.1) is 5.10 Å². The van der Waals surface area contributed by atoms with Crippen LogP contribution in [0, 0.1) is 17.5 Å². The van der Waals surface area contributed by atoms with Gasteiger partial charge < -0.3 is 20.2 Å². The van der Waals surface area contributed by atoms with Crippen molar-refractivity contribution in [3.63, 3.8) is 0 Å². The van der Waals surface area contributed by atoms with Crippen molar-refractivity contribution in [1.82, 2.24) is 19.9 Å². The van der Waals surface area contributed by atoms with Crippen LogP contribution in [0.1, 0.15) is 17.7 Å². The first kappa shape index (κ1) is 26.7. The first-order valence-electron chi connectivity index (χ1n) is 10.3. The van der Waals surface area contributed by atoms with E-state index in [1.165, 1.54) is 6.26 Å². The van der Waals surface area contributed by atoms with Gasteiger partial charge in [-0.1, -0.05) is 5.21 Å². The zero-order valence-electron chi connectivity index (χ0n) is 18.3. The summed E-state index contributed by atoms with van der Waals surface area (Å²) in [6.07, 6.45) is -3.70. The van der Waals surface area contributed by atoms with Crippen LogP contribution < -0.4 is 5.73 Å². The van der Waals surface area contributed by atoms with E-state index in [9.17, 15) is 31.1 Å². The molecule has 0 unspecified atom stereocenters. The van der Waals surface area contributed by atoms with E-state index in [1.807, 2.05) is 0 Å². The molecule has 0 saturated heterocycles. The molecule has 0 radical (unpaired) electrons. The molecule has 0 aliphatic carbocycles. The highest BCUT2D eigenvalue weighted by molar-refractivity contribution is 5.77. The molecule has 3 N–H and O–H groups in total. The summed E-state index contributed by atoms with van der Waals surface area (Å²) >= 11 is 0. The number of benzene rings is 1. The van der Waals surface area contributed by atoms with Crippen LogP contribution >= 0.6 is 0 Å². The maximum Gasteiger partial charge on any atom is 0.490 e. The SMILES string of the molecule is N[C@@H](CC(=O)N1CCn2nnc(-c3ccco3)c2C1)Cc1cc(F)c(F)cc1F.O=C(O)C(F)(F)F. The van der Waals surface area contributed by atoms with Crippen LogP contribution in [0.25, 0.3) is 11.5 Å². The number of aliphatic carboxylic acids is 1. The van der Waals surface area contributed by atoms with Crippen molar-refractivity contribution in [3.05, 3.63) is 59.2 Å². The molecular weight excluding hydrogens is 500 g/mol. The Labute approximate surface area is 199 Å². The van der Waals surface area contributed by atoms with Gasteiger partial charge in [-0.05, 0) is 30.2 Å². The van der Waals surface area contributed by atoms with Gasteiger partial charge in [0.15, 0.2) is 23.1 Å². The number of halogens is 6. The molecule has 1 aliphatic rings. The van der Waals surface area contributed by atoms with Crippen LogP contribution in [-0.2, 0) is 29.1 Å². The number of rotatable bonds is 5. The molecule has 0 bridgehead atoms. The Hall–Kier alpha value is -3.88. The number of nitrogens with zero attached hydrogens (tertiary/aromatic N) is 4. The maximum atomic E-state index is 13.8. The summed E-state index contributed by atoms with van der Waals surface area (Å²) in [5.41, 5.74) is 7.23. The summed E-state index contributed by atoms with van der Waals surface area (Å²) in [4.78, 5) is 23.2. The Kier molecular flexibility index (Phi) is 8.02. The van der Waals surface area contributed by atoms with Gasteiger partial charge in [-0.25, -0.2) is 22.6 Å². The van der Waals surface area contributed by atoms with Crippen LogP contribution in [0.5, 0.6) is 0 Å². The van der Waals surface area contributed by atoms with Crippen LogP contribution in [0.4, 0.5) is 26.3 Å². The third-order valence-electron chi connectivity index (χ3n) is 5.12. The number of aromatic nitrogens is 3. The number of amides is 1. The van der Waals surface area contributed by atoms with Gasteiger partial charge >= 0.3 is 12.1 Å². The normalized spacial score (nSPS) is 14.0. The largest absolute Gasteiger partial charge is 0.490 e. The highest BCUT2D eigenvalue weighted by Crippen LogP contribution is 2.25. The number of carbonyl (C=O) groups is 2. The topological polar surface area (TPSA) is 127 Å². The number of fused-ring (bicyclic) bond motifs is 1. The highest BCUT2D eigenvalue weighted by Gasteiger charge is 2.38. The number of hydrogen-bond acceptors (Lipinski definition) is 6. The molecule has 194 valence electrons. The fourth-order valence-electron chi connectivity index (χ4n) is 3.39. The molecule has 15 heteroatoms. The molecule has 9 nitrogen and oxygen atoms in total. The lowest BCUT2D eigenvalue weighted by Gasteiger charge is -2.28. The first-order valence-corrected chi connectivity index (χ1v) is 10.3. The summed E-state index contributed by atoms with van der Waals surface area (Å²) in [5, 5.41) is 15.3. The highest BCUT2D eigenvalue weighted by atomic mass is 19.4. The Morgan fingerprint density at radius 2 is 1.81 bits per heavy atom. The van der Waals surface area contributed by atoms with Crippen molar-refractivity contribution in [2.24, 2.45) is 5.73 Å². The first-order chi connectivity index (χ1) is 16.9. The minimum Gasteiger partial charge on any atom is -0.475 e. The van der Waals surface area contributed by atoms with E-state index in [2.05, 4.69) is 10.3 Å². The van der Waals surface area contributed by atoms with Gasteiger partial charge in [-0.3, -0.25) is 4.79 Å². The van der Waals surface area contributed by atoms with Gasteiger partial charge in [0.1, 0.15) is 5.82 Å². The number of nitrogens with two attached hydrogens (primary N) is 1. The van der Waals surface area contributed by atoms with Gasteiger partial charge in [-0.2, -0.15) is 13.2 Å². The average molecular weight is 519 g/mol. The van der Waals surface area contributed by atoms with Crippen molar-refractivity contribution in [1.29, 1.82) is 0 Å². The van der Waals surface area contributed by atoms with Gasteiger partial charge in [0.2, 0.25) is 5.91 Å². The Balaban J connectivity index is 0.000000454. The van der Waals surface area contributed by atoms with E-state index in [4.69, 9.17) is 20.1 Å². The Morgan fingerprint density at radius 3 is 2.42 bits per heavy atom. The fourth-order valence-corrected chi connectivity index (χ4v) is 3.39. The lowest BCUT2D eigenvalue weighted by molar-refractivity contribution is -0.192. The van der Waals surface area contributed by atoms with Gasteiger partial charge in [0.05, 0.1) is 25.0 Å². The van der Waals surface area contributed by atoms with E-state index in [0.717, 1.165) is 11.8 Å². The minimum atomic E-state index is -5.08. The van der Waals surface area contributed by atoms with E-state index in [-0.39, 0.29) is 30.9 Å². The molecule has 36 heavy (non-hydrogen) atoms. The van der Waals surface area contributed by atoms with Crippen LogP contribution in [0.2, 0.25) is 0 Å². The predicted molar refractivity (Wildman–Crippen MR) is 109 cm³/mol. The lowest BCUT2D eigenvalue weighted by Crippen LogP contribution is -2.41. The van der Waals surface area contributed by atoms with E-state index in [1.54, 1.807) is 21.7 Å². The third-order valence-corrected chi connectivity index (χ3v) is 5.12. The van der Waals surface area contributed by atoms with Crippen molar-refractivity contribution >= 4 is 11.9 Å². The fraction of sp³-hybridized carbons (Fsp3) is 0.333. The molecule has 0 fully saturated rings. The molecule has 1 amide bonds. The zero-order chi connectivity index (χ0) is 26.6. The van der Waals surface area contributed by atoms with Crippen LogP contribution in [-0.4, -0.2) is 55.6 Å². The number of alkyl halides is 3. The number of furan rings is 1. The monoisotopic (exact) mass is 519 g/mol. The maximum absolute atomic E-state index is 13.8. The summed E-state index contributed by atoms with van der Waals surface area (Å²) in [6.45, 7) is 1.19. The molecule has 2 aromatic heterocycles. The average Bonchev–Trinajstić information content (AvgIpc) is 3.46. The van der Waals surface area contributed by atoms with Crippen LogP contribution in [0.3, 0.4) is 0 Å². The number of hydrogen-bond donors (Lipinski definition) is 2. The van der Waals surface area contributed by atoms with E-state index < -0.39 is 35.6 Å². The molecule has 4 rings (SSSR count). The van der Waals surface area contributed by atoms with Gasteiger partial charge in [0.25, 0.3) is 0 Å². The molecule has 3 aromatic rings. The molecule has 0 saturated carbocycles. The smallest absolute Gasteiger partial charge is 0.475 e. The van der Waals surface area contributed by atoms with Gasteiger partial charge in [0, 0.05) is 25.1 Å². The Morgan fingerprint density at radius 1 is 1.14 bits per heavy atom. The lowest BCUT2D eigenvalue weighted by atomic mass is 10.0. The third kappa shape index (κ3) is 6.41. The standard InChI is InChI=1S/C19H18F3N5O2.C2HF3O2/c20-13-9-15(22)14(21)7-11(13)6-12(23)8-18(28)26-3-4-27-16(10-26)19(24-25-27)17-2-1-5-29-17;3-2(4,5)1(6)7/h1-2,5,7,9,12H,3-4,6,8,10,23H2;(H,6,7)/t12-;/m1./s1. The number of carboxylic acids is 1. The molecule has 1 aliphatic heterocycles. The second-order valence-corrected chi connectivity index (χ2v) is 7.73. The van der Waals surface area contributed by atoms with Crippen molar-refractivity contribution in [2.45, 2.75) is 38.1 Å². The van der Waals surface area contributed by atoms with Crippen molar-refractivity contribution in [3.8, 4) is 11.5 Å². The van der Waals surface area contributed by atoms with E-state index in [0.29, 0.717) is 30.6 Å². The summed E-state index contributed by atoms with van der Waals surface area (Å²) in [7, 11) is 0. The van der Waals surface area contributed by atoms with Crippen LogP contribution in [0.15, 0.2) is 34.9 Å². The Bertz CT molecular complexity index is 1230. The predicted octanol–water partition coefficient (Wildman–Crippen LogP) is 2.89. The molecule has 1 aromatic carbocycles. The summed E-state index contributed by atoms with van der Waals surface area (Å²) < 4.78 is 79.0. The summed E-state index contributed by atoms with van der Waals surface area (Å²) in [5.74, 6) is -5.72. The zero-order valence-corrected chi connectivity index (χ0v) is 18.3. The minimum absolute atomic E-state index is 0.0594. The molecule has 1 atom stereocenters. The van der Waals surface area contributed by atoms with E-state index >= 15 is 0 Å². The summed E-state index contributed by atoms with van der Waals surface area (Å²) in [6, 6.07) is 4.02. The molecular formula is C21H19F6N5O4. The number of carbonyl (C=O) groups excluding carboxylic acids is 1. The second-order valence-electron chi connectivity index (χ2n) is 7.73. The van der Waals surface area contributed by atoms with Crippen molar-refractivity contribution < 1.29 is 45.5 Å². The number of carboxylic acid groups (broad SMARTS) is 1. The van der Waals surface area contributed by atoms with Crippen molar-refractivity contribution in [2.75, 3.05) is 6.54 Å². The quantitative estimate of drug-likeness (QED) is 0.392.